The molecule has 24 heavy (non-hydrogen) atoms. The summed E-state index contributed by atoms with van der Waals surface area (Å²) in [6.45, 7) is 1.61. The normalized spacial score (nSPS) is 18.6. The number of halogens is 2. The van der Waals surface area contributed by atoms with Crippen LogP contribution in [0.2, 0.25) is 0 Å². The van der Waals surface area contributed by atoms with E-state index >= 15 is 0 Å². The van der Waals surface area contributed by atoms with Crippen LogP contribution in [0.3, 0.4) is 0 Å². The van der Waals surface area contributed by atoms with E-state index in [1.807, 2.05) is 0 Å². The van der Waals surface area contributed by atoms with E-state index in [2.05, 4.69) is 0 Å². The molecule has 1 fully saturated rings. The fourth-order valence-corrected chi connectivity index (χ4v) is 2.71. The first-order chi connectivity index (χ1) is 11.2. The van der Waals surface area contributed by atoms with Gasteiger partial charge in [-0.2, -0.15) is 0 Å². The average molecular weight is 340 g/mol. The van der Waals surface area contributed by atoms with Gasteiger partial charge in [0.2, 0.25) is 11.8 Å². The highest BCUT2D eigenvalue weighted by molar-refractivity contribution is 6.09. The summed E-state index contributed by atoms with van der Waals surface area (Å²) in [5.41, 5.74) is 0.0642. The smallest absolute Gasteiger partial charge is 0.308 e. The first-order valence-electron chi connectivity index (χ1n) is 7.46. The predicted molar refractivity (Wildman–Crippen MR) is 81.3 cm³/mol. The van der Waals surface area contributed by atoms with Crippen molar-refractivity contribution in [1.82, 2.24) is 4.90 Å². The lowest BCUT2D eigenvalue weighted by Crippen LogP contribution is -2.40. The molecule has 1 aromatic rings. The summed E-state index contributed by atoms with van der Waals surface area (Å²) in [6.07, 6.45) is 0.210. The van der Waals surface area contributed by atoms with Crippen molar-refractivity contribution < 1.29 is 28.3 Å². The molecule has 1 N–H and O–H groups in total. The number of carboxylic acids is 1. The highest BCUT2D eigenvalue weighted by atomic mass is 19.1. The highest BCUT2D eigenvalue weighted by Crippen LogP contribution is 2.27. The minimum absolute atomic E-state index is 0.0213. The molecular formula is C16H18F2N2O4. The Labute approximate surface area is 137 Å². The lowest BCUT2D eigenvalue weighted by molar-refractivity contribution is -0.143. The molecule has 0 aliphatic carbocycles. The second kappa shape index (κ2) is 6.94. The van der Waals surface area contributed by atoms with Crippen LogP contribution >= 0.6 is 0 Å². The molecule has 1 aliphatic heterocycles. The Hall–Kier alpha value is -2.51. The number of nitrogens with zero attached hydrogens (tertiary/aromatic N) is 2. The molecule has 1 saturated heterocycles. The van der Waals surface area contributed by atoms with Gasteiger partial charge in [-0.1, -0.05) is 6.92 Å². The molecule has 0 spiro atoms. The summed E-state index contributed by atoms with van der Waals surface area (Å²) in [6, 6.07) is 2.77. The van der Waals surface area contributed by atoms with E-state index < -0.39 is 41.3 Å². The van der Waals surface area contributed by atoms with Crippen molar-refractivity contribution in [3.8, 4) is 0 Å². The summed E-state index contributed by atoms with van der Waals surface area (Å²) in [5, 5.41) is 8.89. The average Bonchev–Trinajstić information content (AvgIpc) is 2.86. The van der Waals surface area contributed by atoms with Crippen molar-refractivity contribution in [2.24, 2.45) is 11.8 Å². The lowest BCUT2D eigenvalue weighted by Gasteiger charge is -2.22. The van der Waals surface area contributed by atoms with E-state index in [9.17, 15) is 23.2 Å². The summed E-state index contributed by atoms with van der Waals surface area (Å²) in [7, 11) is 1.43. The van der Waals surface area contributed by atoms with Crippen molar-refractivity contribution in [1.29, 1.82) is 0 Å². The number of carbonyl (C=O) groups excluding carboxylic acids is 2. The van der Waals surface area contributed by atoms with E-state index in [0.717, 1.165) is 12.1 Å². The van der Waals surface area contributed by atoms with Gasteiger partial charge in [0.1, 0.15) is 17.6 Å². The van der Waals surface area contributed by atoms with Crippen molar-refractivity contribution in [3.63, 3.8) is 0 Å². The number of rotatable bonds is 5. The molecule has 6 nitrogen and oxygen atoms in total. The molecule has 0 bridgehead atoms. The molecule has 8 heteroatoms. The van der Waals surface area contributed by atoms with E-state index in [1.54, 1.807) is 0 Å². The largest absolute Gasteiger partial charge is 0.481 e. The second-order valence-electron chi connectivity index (χ2n) is 5.92. The molecule has 1 aromatic carbocycles. The molecule has 0 unspecified atom stereocenters. The Kier molecular flexibility index (Phi) is 5.16. The van der Waals surface area contributed by atoms with Gasteiger partial charge in [-0.15, -0.1) is 0 Å². The van der Waals surface area contributed by atoms with Crippen molar-refractivity contribution in [2.45, 2.75) is 13.3 Å². The Morgan fingerprint density at radius 1 is 1.33 bits per heavy atom. The van der Waals surface area contributed by atoms with Crippen molar-refractivity contribution in [3.05, 3.63) is 29.8 Å². The maximum atomic E-state index is 13.3. The highest BCUT2D eigenvalue weighted by Gasteiger charge is 2.39. The SMILES string of the molecule is C[C@@H](CN(C)C(=O)[C@H]1CCN(c2cc(F)cc(F)c2)C1=O)C(=O)O. The first kappa shape index (κ1) is 17.8. The summed E-state index contributed by atoms with van der Waals surface area (Å²) in [5.74, 6) is -5.41. The molecular weight excluding hydrogens is 322 g/mol. The maximum Gasteiger partial charge on any atom is 0.308 e. The maximum absolute atomic E-state index is 13.3. The van der Waals surface area contributed by atoms with E-state index in [1.165, 1.54) is 23.8 Å². The van der Waals surface area contributed by atoms with Crippen LogP contribution in [0.25, 0.3) is 0 Å². The van der Waals surface area contributed by atoms with Crippen LogP contribution in [0.1, 0.15) is 13.3 Å². The van der Waals surface area contributed by atoms with Crippen LogP contribution in [0.5, 0.6) is 0 Å². The molecule has 130 valence electrons. The van der Waals surface area contributed by atoms with Gasteiger partial charge in [0.25, 0.3) is 0 Å². The second-order valence-corrected chi connectivity index (χ2v) is 5.92. The summed E-state index contributed by atoms with van der Waals surface area (Å²) < 4.78 is 26.6. The number of carboxylic acid groups (broad SMARTS) is 1. The Morgan fingerprint density at radius 2 is 1.92 bits per heavy atom. The van der Waals surface area contributed by atoms with Gasteiger partial charge >= 0.3 is 5.97 Å². The molecule has 0 saturated carbocycles. The standard InChI is InChI=1S/C16H18F2N2O4/c1-9(16(23)24)8-19(2)14(21)13-3-4-20(15(13)22)12-6-10(17)5-11(18)7-12/h5-7,9,13H,3-4,8H2,1-2H3,(H,23,24)/t9-,13+/m0/s1. The van der Waals surface area contributed by atoms with Crippen LogP contribution in [-0.2, 0) is 14.4 Å². The quantitative estimate of drug-likeness (QED) is 0.824. The third-order valence-electron chi connectivity index (χ3n) is 4.01. The number of aliphatic carboxylic acids is 1. The van der Waals surface area contributed by atoms with E-state index in [4.69, 9.17) is 5.11 Å². The number of anilines is 1. The minimum atomic E-state index is -1.04. The van der Waals surface area contributed by atoms with Crippen LogP contribution in [0, 0.1) is 23.5 Å². The molecule has 0 radical (unpaired) electrons. The van der Waals surface area contributed by atoms with Gasteiger partial charge in [0.05, 0.1) is 5.92 Å². The summed E-state index contributed by atoms with van der Waals surface area (Å²) >= 11 is 0. The Morgan fingerprint density at radius 3 is 2.46 bits per heavy atom. The van der Waals surface area contributed by atoms with E-state index in [-0.39, 0.29) is 25.2 Å². The van der Waals surface area contributed by atoms with Crippen LogP contribution in [-0.4, -0.2) is 47.9 Å². The zero-order valence-corrected chi connectivity index (χ0v) is 13.3. The van der Waals surface area contributed by atoms with Crippen LogP contribution < -0.4 is 4.90 Å². The zero-order chi connectivity index (χ0) is 18.0. The van der Waals surface area contributed by atoms with E-state index in [0.29, 0.717) is 6.07 Å². The molecule has 0 aromatic heterocycles. The fourth-order valence-electron chi connectivity index (χ4n) is 2.71. The van der Waals surface area contributed by atoms with Gasteiger partial charge < -0.3 is 14.9 Å². The van der Waals surface area contributed by atoms with Crippen LogP contribution in [0.4, 0.5) is 14.5 Å². The number of hydrogen-bond donors (Lipinski definition) is 1. The third-order valence-corrected chi connectivity index (χ3v) is 4.01. The van der Waals surface area contributed by atoms with Gasteiger partial charge in [0, 0.05) is 31.9 Å². The molecule has 1 heterocycles. The van der Waals surface area contributed by atoms with Crippen LogP contribution in [0.15, 0.2) is 18.2 Å². The lowest BCUT2D eigenvalue weighted by atomic mass is 10.1. The monoisotopic (exact) mass is 340 g/mol. The number of benzene rings is 1. The number of carbonyl (C=O) groups is 3. The first-order valence-corrected chi connectivity index (χ1v) is 7.46. The Balaban J connectivity index is 2.10. The predicted octanol–water partition coefficient (Wildman–Crippen LogP) is 1.50. The number of amides is 2. The number of hydrogen-bond acceptors (Lipinski definition) is 3. The fraction of sp³-hybridized carbons (Fsp3) is 0.438. The minimum Gasteiger partial charge on any atom is -0.481 e. The van der Waals surface area contributed by atoms with Crippen molar-refractivity contribution in [2.75, 3.05) is 25.0 Å². The summed E-state index contributed by atoms with van der Waals surface area (Å²) in [4.78, 5) is 38.0. The van der Waals surface area contributed by atoms with Gasteiger partial charge in [-0.25, -0.2) is 8.78 Å². The van der Waals surface area contributed by atoms with Gasteiger partial charge in [0.15, 0.2) is 0 Å². The van der Waals surface area contributed by atoms with Gasteiger partial charge in [-0.3, -0.25) is 14.4 Å². The molecule has 2 amide bonds. The topological polar surface area (TPSA) is 77.9 Å². The van der Waals surface area contributed by atoms with Crippen molar-refractivity contribution >= 4 is 23.5 Å². The third kappa shape index (κ3) is 3.69. The molecule has 2 atom stereocenters. The molecule has 1 aliphatic rings. The van der Waals surface area contributed by atoms with Gasteiger partial charge in [-0.05, 0) is 18.6 Å². The molecule has 2 rings (SSSR count). The zero-order valence-electron chi connectivity index (χ0n) is 13.3. The Bertz CT molecular complexity index is 660.